The molecule has 1 atom stereocenters. The second-order valence-electron chi connectivity index (χ2n) is 7.13. The SMILES string of the molecule is CNC(=O)c1ccccc1NC(=S)NC(=O)C(C)c1ccc(CC(C)C)cc1. The van der Waals surface area contributed by atoms with E-state index >= 15 is 0 Å². The molecule has 0 bridgehead atoms. The van der Waals surface area contributed by atoms with E-state index in [1.54, 1.807) is 31.3 Å². The lowest BCUT2D eigenvalue weighted by molar-refractivity contribution is -0.120. The molecule has 3 N–H and O–H groups in total. The normalized spacial score (nSPS) is 11.6. The van der Waals surface area contributed by atoms with Gasteiger partial charge in [0.2, 0.25) is 5.91 Å². The lowest BCUT2D eigenvalue weighted by Gasteiger charge is -2.16. The van der Waals surface area contributed by atoms with Gasteiger partial charge in [-0.3, -0.25) is 9.59 Å². The van der Waals surface area contributed by atoms with Gasteiger partial charge in [-0.25, -0.2) is 0 Å². The molecule has 2 aromatic carbocycles. The van der Waals surface area contributed by atoms with Crippen molar-refractivity contribution in [2.24, 2.45) is 5.92 Å². The van der Waals surface area contributed by atoms with Crippen molar-refractivity contribution in [2.45, 2.75) is 33.1 Å². The average molecular weight is 398 g/mol. The summed E-state index contributed by atoms with van der Waals surface area (Å²) in [7, 11) is 1.56. The Balaban J connectivity index is 2.00. The number of thiocarbonyl (C=S) groups is 1. The summed E-state index contributed by atoms with van der Waals surface area (Å²) in [5.74, 6) is -0.187. The number of carbonyl (C=O) groups excluding carboxylic acids is 2. The van der Waals surface area contributed by atoms with Crippen LogP contribution in [0.2, 0.25) is 0 Å². The Morgan fingerprint density at radius 3 is 2.25 bits per heavy atom. The maximum absolute atomic E-state index is 12.6. The zero-order chi connectivity index (χ0) is 20.7. The predicted molar refractivity (Wildman–Crippen MR) is 118 cm³/mol. The Kier molecular flexibility index (Phi) is 7.70. The van der Waals surface area contributed by atoms with Crippen molar-refractivity contribution in [1.29, 1.82) is 0 Å². The van der Waals surface area contributed by atoms with Gasteiger partial charge >= 0.3 is 0 Å². The van der Waals surface area contributed by atoms with Crippen LogP contribution in [0.25, 0.3) is 0 Å². The Hall–Kier alpha value is -2.73. The first-order chi connectivity index (χ1) is 13.3. The number of amides is 2. The average Bonchev–Trinajstić information content (AvgIpc) is 2.67. The van der Waals surface area contributed by atoms with E-state index in [1.807, 2.05) is 19.1 Å². The van der Waals surface area contributed by atoms with E-state index in [2.05, 4.69) is 41.9 Å². The molecule has 5 nitrogen and oxygen atoms in total. The number of rotatable bonds is 6. The number of anilines is 1. The second-order valence-corrected chi connectivity index (χ2v) is 7.54. The summed E-state index contributed by atoms with van der Waals surface area (Å²) < 4.78 is 0. The number of nitrogens with one attached hydrogen (secondary N) is 3. The van der Waals surface area contributed by atoms with Crippen LogP contribution in [0.5, 0.6) is 0 Å². The quantitative estimate of drug-likeness (QED) is 0.648. The van der Waals surface area contributed by atoms with Crippen molar-refractivity contribution >= 4 is 34.8 Å². The van der Waals surface area contributed by atoms with E-state index in [4.69, 9.17) is 12.2 Å². The molecule has 0 aromatic heterocycles. The number of para-hydroxylation sites is 1. The number of carbonyl (C=O) groups is 2. The van der Waals surface area contributed by atoms with Gasteiger partial charge in [-0.1, -0.05) is 50.2 Å². The molecule has 2 rings (SSSR count). The van der Waals surface area contributed by atoms with Gasteiger partial charge in [-0.15, -0.1) is 0 Å². The Labute approximate surface area is 171 Å². The van der Waals surface area contributed by atoms with Crippen molar-refractivity contribution in [2.75, 3.05) is 12.4 Å². The van der Waals surface area contributed by atoms with Gasteiger partial charge < -0.3 is 16.0 Å². The Morgan fingerprint density at radius 2 is 1.64 bits per heavy atom. The summed E-state index contributed by atoms with van der Waals surface area (Å²) in [6, 6.07) is 15.1. The van der Waals surface area contributed by atoms with Crippen molar-refractivity contribution < 1.29 is 9.59 Å². The van der Waals surface area contributed by atoms with Crippen LogP contribution in [0.4, 0.5) is 5.69 Å². The standard InChI is InChI=1S/C22H27N3O2S/c1-14(2)13-16-9-11-17(12-10-16)15(3)20(26)25-22(28)24-19-8-6-5-7-18(19)21(27)23-4/h5-12,14-15H,13H2,1-4H3,(H,23,27)(H2,24,25,26,28). The minimum atomic E-state index is -0.345. The lowest BCUT2D eigenvalue weighted by Crippen LogP contribution is -2.37. The first-order valence-corrected chi connectivity index (χ1v) is 9.74. The predicted octanol–water partition coefficient (Wildman–Crippen LogP) is 3.86. The van der Waals surface area contributed by atoms with Crippen LogP contribution in [0, 0.1) is 5.92 Å². The van der Waals surface area contributed by atoms with Crippen LogP contribution in [0.1, 0.15) is 48.2 Å². The van der Waals surface area contributed by atoms with Crippen LogP contribution >= 0.6 is 12.2 Å². The summed E-state index contributed by atoms with van der Waals surface area (Å²) in [5, 5.41) is 8.38. The molecular formula is C22H27N3O2S. The fraction of sp³-hybridized carbons (Fsp3) is 0.318. The molecule has 6 heteroatoms. The van der Waals surface area contributed by atoms with Crippen LogP contribution in [0.3, 0.4) is 0 Å². The highest BCUT2D eigenvalue weighted by molar-refractivity contribution is 7.80. The van der Waals surface area contributed by atoms with E-state index in [0.29, 0.717) is 17.2 Å². The zero-order valence-electron chi connectivity index (χ0n) is 16.7. The van der Waals surface area contributed by atoms with Crippen LogP contribution < -0.4 is 16.0 Å². The van der Waals surface area contributed by atoms with Crippen LogP contribution in [-0.2, 0) is 11.2 Å². The smallest absolute Gasteiger partial charge is 0.253 e. The molecule has 0 aliphatic heterocycles. The van der Waals surface area contributed by atoms with Gasteiger partial charge in [0.15, 0.2) is 5.11 Å². The van der Waals surface area contributed by atoms with E-state index in [1.165, 1.54) is 5.56 Å². The highest BCUT2D eigenvalue weighted by Gasteiger charge is 2.17. The van der Waals surface area contributed by atoms with E-state index < -0.39 is 0 Å². The van der Waals surface area contributed by atoms with Gasteiger partial charge in [-0.05, 0) is 54.7 Å². The van der Waals surface area contributed by atoms with Crippen molar-refractivity contribution in [3.63, 3.8) is 0 Å². The third-order valence-corrected chi connectivity index (χ3v) is 4.60. The molecule has 0 spiro atoms. The highest BCUT2D eigenvalue weighted by Crippen LogP contribution is 2.18. The van der Waals surface area contributed by atoms with Crippen LogP contribution in [-0.4, -0.2) is 24.0 Å². The van der Waals surface area contributed by atoms with Crippen LogP contribution in [0.15, 0.2) is 48.5 Å². The summed E-state index contributed by atoms with van der Waals surface area (Å²) >= 11 is 5.26. The van der Waals surface area contributed by atoms with Crippen molar-refractivity contribution in [3.05, 3.63) is 65.2 Å². The first kappa shape index (κ1) is 21.6. The van der Waals surface area contributed by atoms with E-state index in [0.717, 1.165) is 12.0 Å². The fourth-order valence-corrected chi connectivity index (χ4v) is 3.07. The molecule has 0 radical (unpaired) electrons. The third kappa shape index (κ3) is 5.89. The molecule has 2 aromatic rings. The number of hydrogen-bond acceptors (Lipinski definition) is 3. The van der Waals surface area contributed by atoms with Gasteiger partial charge in [0.05, 0.1) is 17.2 Å². The molecule has 0 aliphatic carbocycles. The summed E-state index contributed by atoms with van der Waals surface area (Å²) in [5.41, 5.74) is 3.18. The van der Waals surface area contributed by atoms with Crippen molar-refractivity contribution in [3.8, 4) is 0 Å². The number of benzene rings is 2. The molecule has 28 heavy (non-hydrogen) atoms. The summed E-state index contributed by atoms with van der Waals surface area (Å²) in [6.07, 6.45) is 1.01. The van der Waals surface area contributed by atoms with Gasteiger partial charge in [0.25, 0.3) is 5.91 Å². The lowest BCUT2D eigenvalue weighted by atomic mass is 9.96. The molecule has 0 saturated heterocycles. The molecule has 1 unspecified atom stereocenters. The van der Waals surface area contributed by atoms with E-state index in [-0.39, 0.29) is 22.8 Å². The molecular weight excluding hydrogens is 370 g/mol. The highest BCUT2D eigenvalue weighted by atomic mass is 32.1. The topological polar surface area (TPSA) is 70.2 Å². The monoisotopic (exact) mass is 397 g/mol. The third-order valence-electron chi connectivity index (χ3n) is 4.40. The molecule has 0 heterocycles. The molecule has 0 fully saturated rings. The minimum absolute atomic E-state index is 0.157. The molecule has 0 aliphatic rings. The Bertz CT molecular complexity index is 847. The second kappa shape index (κ2) is 9.99. The molecule has 2 amide bonds. The minimum Gasteiger partial charge on any atom is -0.355 e. The summed E-state index contributed by atoms with van der Waals surface area (Å²) in [4.78, 5) is 24.5. The maximum atomic E-state index is 12.6. The molecule has 148 valence electrons. The fourth-order valence-electron chi connectivity index (χ4n) is 2.86. The van der Waals surface area contributed by atoms with E-state index in [9.17, 15) is 9.59 Å². The van der Waals surface area contributed by atoms with Gasteiger partial charge in [-0.2, -0.15) is 0 Å². The first-order valence-electron chi connectivity index (χ1n) is 9.33. The Morgan fingerprint density at radius 1 is 1.00 bits per heavy atom. The van der Waals surface area contributed by atoms with Gasteiger partial charge in [0, 0.05) is 7.05 Å². The van der Waals surface area contributed by atoms with Gasteiger partial charge in [0.1, 0.15) is 0 Å². The molecule has 0 saturated carbocycles. The summed E-state index contributed by atoms with van der Waals surface area (Å²) in [6.45, 7) is 6.20. The number of hydrogen-bond donors (Lipinski definition) is 3. The van der Waals surface area contributed by atoms with Crippen molar-refractivity contribution in [1.82, 2.24) is 10.6 Å². The zero-order valence-corrected chi connectivity index (χ0v) is 17.5. The largest absolute Gasteiger partial charge is 0.355 e. The maximum Gasteiger partial charge on any atom is 0.253 e.